The number of benzene rings is 1. The third-order valence-corrected chi connectivity index (χ3v) is 4.54. The number of rotatable bonds is 3. The van der Waals surface area contributed by atoms with Crippen molar-refractivity contribution >= 4 is 28.3 Å². The maximum atomic E-state index is 6.19. The smallest absolute Gasteiger partial charge is 0.157 e. The molecule has 0 radical (unpaired) electrons. The molecule has 3 aromatic rings. The fraction of sp³-hybridized carbons (Fsp3) is 0.294. The lowest BCUT2D eigenvalue weighted by molar-refractivity contribution is 0.0467. The summed E-state index contributed by atoms with van der Waals surface area (Å²) in [4.78, 5) is 6.80. The summed E-state index contributed by atoms with van der Waals surface area (Å²) in [6, 6.07) is 7.81. The van der Waals surface area contributed by atoms with Crippen molar-refractivity contribution in [3.8, 4) is 11.1 Å². The Balaban J connectivity index is 1.88. The van der Waals surface area contributed by atoms with Crippen molar-refractivity contribution < 1.29 is 4.74 Å². The molecule has 124 valence electrons. The highest BCUT2D eigenvalue weighted by Gasteiger charge is 2.24. The van der Waals surface area contributed by atoms with Crippen LogP contribution < -0.4 is 10.6 Å². The van der Waals surface area contributed by atoms with Gasteiger partial charge in [0.1, 0.15) is 0 Å². The fourth-order valence-electron chi connectivity index (χ4n) is 3.16. The van der Waals surface area contributed by atoms with Crippen LogP contribution in [0.1, 0.15) is 0 Å². The Morgan fingerprint density at radius 2 is 2.29 bits per heavy atom. The largest absolute Gasteiger partial charge is 0.373 e. The van der Waals surface area contributed by atoms with Crippen molar-refractivity contribution in [2.24, 2.45) is 5.73 Å². The first-order valence-corrected chi connectivity index (χ1v) is 8.28. The number of halogens is 1. The monoisotopic (exact) mass is 343 g/mol. The first-order valence-electron chi connectivity index (χ1n) is 7.91. The molecule has 6 nitrogen and oxygen atoms in total. The van der Waals surface area contributed by atoms with Gasteiger partial charge in [-0.25, -0.2) is 4.98 Å². The van der Waals surface area contributed by atoms with Gasteiger partial charge in [0.15, 0.2) is 5.65 Å². The average Bonchev–Trinajstić information content (AvgIpc) is 3.09. The van der Waals surface area contributed by atoms with Crippen LogP contribution in [0.25, 0.3) is 22.2 Å². The normalized spacial score (nSPS) is 18.2. The lowest BCUT2D eigenvalue weighted by Crippen LogP contribution is -2.46. The lowest BCUT2D eigenvalue weighted by Gasteiger charge is -2.35. The van der Waals surface area contributed by atoms with Crippen LogP contribution in [0.4, 0.5) is 5.69 Å². The second-order valence-corrected chi connectivity index (χ2v) is 6.27. The van der Waals surface area contributed by atoms with Crippen LogP contribution in [-0.4, -0.2) is 47.5 Å². The van der Waals surface area contributed by atoms with E-state index in [0.717, 1.165) is 40.9 Å². The first kappa shape index (κ1) is 15.4. The van der Waals surface area contributed by atoms with E-state index in [1.807, 2.05) is 36.7 Å². The van der Waals surface area contributed by atoms with Gasteiger partial charge in [-0.15, -0.1) is 0 Å². The van der Waals surface area contributed by atoms with Gasteiger partial charge in [0.25, 0.3) is 0 Å². The summed E-state index contributed by atoms with van der Waals surface area (Å²) in [6.45, 7) is 2.70. The van der Waals surface area contributed by atoms with Crippen LogP contribution in [0.2, 0.25) is 5.02 Å². The Kier molecular flexibility index (Phi) is 4.10. The zero-order valence-electron chi connectivity index (χ0n) is 13.1. The number of nitrogens with zero attached hydrogens (tertiary/aromatic N) is 3. The summed E-state index contributed by atoms with van der Waals surface area (Å²) in [5, 5.41) is 8.79. The molecule has 1 atom stereocenters. The summed E-state index contributed by atoms with van der Waals surface area (Å²) in [5.41, 5.74) is 9.73. The van der Waals surface area contributed by atoms with E-state index in [1.54, 1.807) is 0 Å². The molecular formula is C17H18ClN5O. The van der Waals surface area contributed by atoms with Crippen LogP contribution in [0, 0.1) is 0 Å². The quantitative estimate of drug-likeness (QED) is 0.763. The SMILES string of the molecule is NCC1CN(c2c(-c3cccc(Cl)c3)cnc3[nH]ncc23)CCO1. The third-order valence-electron chi connectivity index (χ3n) is 4.31. The predicted molar refractivity (Wildman–Crippen MR) is 95.3 cm³/mol. The molecule has 3 heterocycles. The molecule has 0 aliphatic carbocycles. The van der Waals surface area contributed by atoms with Crippen LogP contribution in [0.15, 0.2) is 36.7 Å². The maximum Gasteiger partial charge on any atom is 0.157 e. The second kappa shape index (κ2) is 6.39. The molecule has 0 saturated carbocycles. The van der Waals surface area contributed by atoms with Gasteiger partial charge in [0.2, 0.25) is 0 Å². The van der Waals surface area contributed by atoms with Gasteiger partial charge in [-0.2, -0.15) is 5.10 Å². The third kappa shape index (κ3) is 2.73. The Morgan fingerprint density at radius 1 is 1.38 bits per heavy atom. The van der Waals surface area contributed by atoms with Gasteiger partial charge < -0.3 is 15.4 Å². The summed E-state index contributed by atoms with van der Waals surface area (Å²) in [7, 11) is 0. The molecule has 2 aromatic heterocycles. The van der Waals surface area contributed by atoms with E-state index < -0.39 is 0 Å². The van der Waals surface area contributed by atoms with Gasteiger partial charge in [-0.05, 0) is 17.7 Å². The molecule has 4 rings (SSSR count). The van der Waals surface area contributed by atoms with Crippen LogP contribution >= 0.6 is 11.6 Å². The Bertz CT molecular complexity index is 865. The van der Waals surface area contributed by atoms with Crippen molar-refractivity contribution in [2.45, 2.75) is 6.10 Å². The zero-order chi connectivity index (χ0) is 16.5. The number of pyridine rings is 1. The predicted octanol–water partition coefficient (Wildman–Crippen LogP) is 2.44. The highest BCUT2D eigenvalue weighted by Crippen LogP contribution is 2.37. The molecule has 0 amide bonds. The van der Waals surface area contributed by atoms with Crippen LogP contribution in [-0.2, 0) is 4.74 Å². The second-order valence-electron chi connectivity index (χ2n) is 5.84. The molecule has 0 bridgehead atoms. The molecule has 1 unspecified atom stereocenters. The summed E-state index contributed by atoms with van der Waals surface area (Å²) < 4.78 is 5.71. The van der Waals surface area contributed by atoms with Crippen molar-refractivity contribution in [3.05, 3.63) is 41.7 Å². The Morgan fingerprint density at radius 3 is 3.12 bits per heavy atom. The van der Waals surface area contributed by atoms with Crippen molar-refractivity contribution in [3.63, 3.8) is 0 Å². The number of nitrogens with one attached hydrogen (secondary N) is 1. The van der Waals surface area contributed by atoms with Crippen molar-refractivity contribution in [1.29, 1.82) is 0 Å². The number of H-pyrrole nitrogens is 1. The number of anilines is 1. The number of fused-ring (bicyclic) bond motifs is 1. The van der Waals surface area contributed by atoms with Crippen LogP contribution in [0.5, 0.6) is 0 Å². The number of morpholine rings is 1. The van der Waals surface area contributed by atoms with E-state index in [-0.39, 0.29) is 6.10 Å². The zero-order valence-corrected chi connectivity index (χ0v) is 13.8. The van der Waals surface area contributed by atoms with Gasteiger partial charge in [-0.1, -0.05) is 23.7 Å². The van der Waals surface area contributed by atoms with E-state index in [4.69, 9.17) is 22.1 Å². The number of aromatic amines is 1. The van der Waals surface area contributed by atoms with E-state index in [2.05, 4.69) is 20.1 Å². The van der Waals surface area contributed by atoms with Crippen LogP contribution in [0.3, 0.4) is 0 Å². The summed E-state index contributed by atoms with van der Waals surface area (Å²) in [6.07, 6.45) is 3.72. The maximum absolute atomic E-state index is 6.19. The number of aromatic nitrogens is 3. The Labute approximate surface area is 144 Å². The molecule has 1 saturated heterocycles. The minimum absolute atomic E-state index is 0.0288. The van der Waals surface area contributed by atoms with Gasteiger partial charge in [0, 0.05) is 36.4 Å². The van der Waals surface area contributed by atoms with Gasteiger partial charge in [-0.3, -0.25) is 5.10 Å². The summed E-state index contributed by atoms with van der Waals surface area (Å²) >= 11 is 6.19. The standard InChI is InChI=1S/C17H18ClN5O/c18-12-3-1-2-11(6-12)14-8-20-17-15(9-21-22-17)16(14)23-4-5-24-13(7-19)10-23/h1-3,6,8-9,13H,4-5,7,10,19H2,(H,20,21,22). The molecular weight excluding hydrogens is 326 g/mol. The minimum atomic E-state index is 0.0288. The molecule has 1 fully saturated rings. The molecule has 1 aromatic carbocycles. The highest BCUT2D eigenvalue weighted by molar-refractivity contribution is 6.30. The number of hydrogen-bond acceptors (Lipinski definition) is 5. The van der Waals surface area contributed by atoms with E-state index in [1.165, 1.54) is 0 Å². The van der Waals surface area contributed by atoms with Gasteiger partial charge in [0.05, 0.1) is 30.0 Å². The van der Waals surface area contributed by atoms with E-state index in [0.29, 0.717) is 18.2 Å². The lowest BCUT2D eigenvalue weighted by atomic mass is 10.0. The fourth-order valence-corrected chi connectivity index (χ4v) is 3.35. The first-order chi connectivity index (χ1) is 11.8. The molecule has 1 aliphatic heterocycles. The minimum Gasteiger partial charge on any atom is -0.373 e. The number of hydrogen-bond donors (Lipinski definition) is 2. The van der Waals surface area contributed by atoms with Gasteiger partial charge >= 0.3 is 0 Å². The molecule has 1 aliphatic rings. The topological polar surface area (TPSA) is 80.1 Å². The highest BCUT2D eigenvalue weighted by atomic mass is 35.5. The molecule has 24 heavy (non-hydrogen) atoms. The van der Waals surface area contributed by atoms with Crippen molar-refractivity contribution in [1.82, 2.24) is 15.2 Å². The number of ether oxygens (including phenoxy) is 1. The number of nitrogens with two attached hydrogens (primary N) is 1. The van der Waals surface area contributed by atoms with E-state index in [9.17, 15) is 0 Å². The average molecular weight is 344 g/mol. The molecule has 7 heteroatoms. The molecule has 3 N–H and O–H groups in total. The van der Waals surface area contributed by atoms with Crippen molar-refractivity contribution in [2.75, 3.05) is 31.1 Å². The molecule has 0 spiro atoms. The Hall–Kier alpha value is -2.15. The van der Waals surface area contributed by atoms with E-state index >= 15 is 0 Å². The summed E-state index contributed by atoms with van der Waals surface area (Å²) in [5.74, 6) is 0.